The van der Waals surface area contributed by atoms with Gasteiger partial charge in [0.2, 0.25) is 0 Å². The number of nitrogens with two attached hydrogens (primary N) is 1. The second-order valence-electron chi connectivity index (χ2n) is 4.91. The largest absolute Gasteiger partial charge is 0.353 e. The van der Waals surface area contributed by atoms with Crippen LogP contribution in [-0.4, -0.2) is 17.6 Å². The molecule has 18 heavy (non-hydrogen) atoms. The van der Waals surface area contributed by atoms with Crippen molar-refractivity contribution in [2.75, 3.05) is 16.9 Å². The Balaban J connectivity index is 3.18. The maximum absolute atomic E-state index is 6.22. The molecule has 1 aromatic rings. The summed E-state index contributed by atoms with van der Waals surface area (Å²) >= 11 is 12.2. The fourth-order valence-corrected chi connectivity index (χ4v) is 2.22. The van der Waals surface area contributed by atoms with Gasteiger partial charge in [-0.25, -0.2) is 10.8 Å². The Bertz CT molecular complexity index is 407. The fraction of sp³-hybridized carbons (Fsp3) is 0.583. The Kier molecular flexibility index (Phi) is 5.50. The maximum atomic E-state index is 6.22. The van der Waals surface area contributed by atoms with Gasteiger partial charge in [0, 0.05) is 12.6 Å². The minimum absolute atomic E-state index is 0.296. The highest BCUT2D eigenvalue weighted by atomic mass is 35.5. The van der Waals surface area contributed by atoms with Crippen LogP contribution in [0, 0.1) is 5.92 Å². The van der Waals surface area contributed by atoms with Crippen LogP contribution in [-0.2, 0) is 0 Å². The first-order valence-corrected chi connectivity index (χ1v) is 6.71. The van der Waals surface area contributed by atoms with Crippen molar-refractivity contribution in [3.8, 4) is 0 Å². The summed E-state index contributed by atoms with van der Waals surface area (Å²) in [7, 11) is 0. The molecule has 3 N–H and O–H groups in total. The first kappa shape index (κ1) is 15.3. The Labute approximate surface area is 118 Å². The summed E-state index contributed by atoms with van der Waals surface area (Å²) < 4.78 is 0. The predicted molar refractivity (Wildman–Crippen MR) is 79.4 cm³/mol. The lowest BCUT2D eigenvalue weighted by Gasteiger charge is -2.30. The number of nitrogen functional groups attached to an aromatic ring is 1. The van der Waals surface area contributed by atoms with E-state index in [4.69, 9.17) is 29.0 Å². The first-order chi connectivity index (χ1) is 8.36. The van der Waals surface area contributed by atoms with Crippen LogP contribution in [0.25, 0.3) is 0 Å². The number of halogens is 2. The third-order valence-electron chi connectivity index (χ3n) is 2.50. The number of pyridine rings is 1. The number of hydrogen-bond donors (Lipinski definition) is 2. The zero-order valence-electron chi connectivity index (χ0n) is 11.2. The molecule has 0 saturated heterocycles. The van der Waals surface area contributed by atoms with E-state index >= 15 is 0 Å². The summed E-state index contributed by atoms with van der Waals surface area (Å²) in [4.78, 5) is 6.53. The lowest BCUT2D eigenvalue weighted by Crippen LogP contribution is -2.35. The van der Waals surface area contributed by atoms with E-state index in [2.05, 4.69) is 43.0 Å². The van der Waals surface area contributed by atoms with Crippen LogP contribution in [0.2, 0.25) is 10.0 Å². The second kappa shape index (κ2) is 6.45. The predicted octanol–water partition coefficient (Wildman–Crippen LogP) is 3.54. The first-order valence-electron chi connectivity index (χ1n) is 5.96. The van der Waals surface area contributed by atoms with E-state index in [-0.39, 0.29) is 0 Å². The van der Waals surface area contributed by atoms with Crippen molar-refractivity contribution in [1.29, 1.82) is 0 Å². The molecule has 4 nitrogen and oxygen atoms in total. The zero-order chi connectivity index (χ0) is 13.9. The van der Waals surface area contributed by atoms with Crippen molar-refractivity contribution in [2.45, 2.75) is 33.7 Å². The summed E-state index contributed by atoms with van der Waals surface area (Å²) in [5.41, 5.74) is 2.48. The van der Waals surface area contributed by atoms with Crippen LogP contribution in [0.1, 0.15) is 27.7 Å². The summed E-state index contributed by atoms with van der Waals surface area (Å²) in [6, 6.07) is 1.96. The number of rotatable bonds is 5. The number of nitrogens with one attached hydrogen (secondary N) is 1. The van der Waals surface area contributed by atoms with Crippen molar-refractivity contribution in [3.05, 3.63) is 16.1 Å². The summed E-state index contributed by atoms with van der Waals surface area (Å²) in [6.07, 6.45) is 0. The van der Waals surface area contributed by atoms with Gasteiger partial charge in [-0.2, -0.15) is 0 Å². The number of hydrogen-bond acceptors (Lipinski definition) is 4. The van der Waals surface area contributed by atoms with Crippen LogP contribution >= 0.6 is 23.2 Å². The van der Waals surface area contributed by atoms with Gasteiger partial charge in [-0.3, -0.25) is 0 Å². The van der Waals surface area contributed by atoms with Crippen LogP contribution in [0.15, 0.2) is 6.07 Å². The summed E-state index contributed by atoms with van der Waals surface area (Å²) in [6.45, 7) is 9.38. The van der Waals surface area contributed by atoms with Crippen LogP contribution in [0.3, 0.4) is 0 Å². The SMILES string of the molecule is CC(C)CN(c1nc(NN)c(Cl)cc1Cl)C(C)C. The van der Waals surface area contributed by atoms with E-state index in [1.807, 2.05) is 0 Å². The number of hydrazine groups is 1. The molecular formula is C12H20Cl2N4. The Morgan fingerprint density at radius 2 is 1.89 bits per heavy atom. The van der Waals surface area contributed by atoms with Crippen molar-refractivity contribution < 1.29 is 0 Å². The van der Waals surface area contributed by atoms with Gasteiger partial charge in [0.05, 0.1) is 10.0 Å². The molecule has 0 atom stereocenters. The molecule has 0 aliphatic heterocycles. The lowest BCUT2D eigenvalue weighted by molar-refractivity contribution is 0.566. The zero-order valence-corrected chi connectivity index (χ0v) is 12.7. The van der Waals surface area contributed by atoms with Gasteiger partial charge in [0.1, 0.15) is 5.82 Å². The molecule has 0 amide bonds. The normalized spacial score (nSPS) is 11.2. The number of aromatic nitrogens is 1. The molecule has 0 radical (unpaired) electrons. The third-order valence-corrected chi connectivity index (χ3v) is 3.07. The van der Waals surface area contributed by atoms with Crippen LogP contribution in [0.5, 0.6) is 0 Å². The van der Waals surface area contributed by atoms with Crippen molar-refractivity contribution in [1.82, 2.24) is 4.98 Å². The molecular weight excluding hydrogens is 271 g/mol. The minimum atomic E-state index is 0.296. The second-order valence-corrected chi connectivity index (χ2v) is 5.72. The van der Waals surface area contributed by atoms with E-state index in [0.717, 1.165) is 6.54 Å². The quantitative estimate of drug-likeness (QED) is 0.643. The van der Waals surface area contributed by atoms with E-state index < -0.39 is 0 Å². The fourth-order valence-electron chi connectivity index (χ4n) is 1.69. The summed E-state index contributed by atoms with van der Waals surface area (Å²) in [5, 5.41) is 0.952. The topological polar surface area (TPSA) is 54.2 Å². The standard InChI is InChI=1S/C12H20Cl2N4/c1-7(2)6-18(8(3)4)12-10(14)5-9(13)11(16-12)17-15/h5,7-8H,6,15H2,1-4H3,(H,16,17). The van der Waals surface area contributed by atoms with Gasteiger partial charge in [0.15, 0.2) is 5.82 Å². The molecule has 0 aliphatic rings. The van der Waals surface area contributed by atoms with Gasteiger partial charge in [-0.1, -0.05) is 37.0 Å². The molecule has 1 aromatic heterocycles. The Morgan fingerprint density at radius 1 is 1.28 bits per heavy atom. The Morgan fingerprint density at radius 3 is 2.33 bits per heavy atom. The maximum Gasteiger partial charge on any atom is 0.161 e. The van der Waals surface area contributed by atoms with Crippen LogP contribution in [0.4, 0.5) is 11.6 Å². The van der Waals surface area contributed by atoms with Crippen molar-refractivity contribution >= 4 is 34.8 Å². The van der Waals surface area contributed by atoms with Crippen molar-refractivity contribution in [3.63, 3.8) is 0 Å². The van der Waals surface area contributed by atoms with E-state index in [9.17, 15) is 0 Å². The number of nitrogens with zero attached hydrogens (tertiary/aromatic N) is 2. The van der Waals surface area contributed by atoms with Crippen LogP contribution < -0.4 is 16.2 Å². The highest BCUT2D eigenvalue weighted by Gasteiger charge is 2.18. The monoisotopic (exact) mass is 290 g/mol. The smallest absolute Gasteiger partial charge is 0.161 e. The molecule has 1 rings (SSSR count). The molecule has 1 heterocycles. The molecule has 6 heteroatoms. The van der Waals surface area contributed by atoms with Gasteiger partial charge >= 0.3 is 0 Å². The Hall–Kier alpha value is -0.710. The minimum Gasteiger partial charge on any atom is -0.353 e. The molecule has 0 unspecified atom stereocenters. The lowest BCUT2D eigenvalue weighted by atomic mass is 10.2. The third kappa shape index (κ3) is 3.64. The van der Waals surface area contributed by atoms with E-state index in [0.29, 0.717) is 33.6 Å². The van der Waals surface area contributed by atoms with Gasteiger partial charge in [-0.15, -0.1) is 0 Å². The molecule has 0 fully saturated rings. The summed E-state index contributed by atoms with van der Waals surface area (Å²) in [5.74, 6) is 7.04. The van der Waals surface area contributed by atoms with Crippen molar-refractivity contribution in [2.24, 2.45) is 11.8 Å². The highest BCUT2D eigenvalue weighted by Crippen LogP contribution is 2.32. The van der Waals surface area contributed by atoms with Gasteiger partial charge in [0.25, 0.3) is 0 Å². The number of anilines is 2. The molecule has 0 bridgehead atoms. The molecule has 0 aromatic carbocycles. The molecule has 0 spiro atoms. The average Bonchev–Trinajstić information content (AvgIpc) is 2.26. The highest BCUT2D eigenvalue weighted by molar-refractivity contribution is 6.37. The molecule has 102 valence electrons. The van der Waals surface area contributed by atoms with E-state index in [1.54, 1.807) is 6.07 Å². The van der Waals surface area contributed by atoms with Gasteiger partial charge in [-0.05, 0) is 25.8 Å². The average molecular weight is 291 g/mol. The van der Waals surface area contributed by atoms with E-state index in [1.165, 1.54) is 0 Å². The molecule has 0 saturated carbocycles. The van der Waals surface area contributed by atoms with Gasteiger partial charge < -0.3 is 10.3 Å². The molecule has 0 aliphatic carbocycles.